The molecule has 0 aliphatic carbocycles. The van der Waals surface area contributed by atoms with Crippen LogP contribution in [0.15, 0.2) is 30.5 Å². The molecule has 1 atom stereocenters. The van der Waals surface area contributed by atoms with E-state index in [9.17, 15) is 18.0 Å². The molecule has 1 fully saturated rings. The number of alkyl halides is 3. The topological polar surface area (TPSA) is 36.1 Å². The zero-order valence-corrected chi connectivity index (χ0v) is 12.7. The van der Waals surface area contributed by atoms with Gasteiger partial charge in [0.2, 0.25) is 5.91 Å². The summed E-state index contributed by atoms with van der Waals surface area (Å²) in [5.74, 6) is -1.57. The van der Waals surface area contributed by atoms with E-state index in [1.165, 1.54) is 4.90 Å². The number of piperidine rings is 1. The fraction of sp³-hybridized carbons (Fsp3) is 0.471. The molecule has 1 aliphatic heterocycles. The second kappa shape index (κ2) is 6.26. The van der Waals surface area contributed by atoms with Gasteiger partial charge in [-0.3, -0.25) is 4.79 Å². The Kier molecular flexibility index (Phi) is 4.33. The van der Waals surface area contributed by atoms with E-state index in [1.807, 2.05) is 30.5 Å². The normalized spacial score (nSPS) is 19.3. The number of hydrogen-bond acceptors (Lipinski definition) is 1. The summed E-state index contributed by atoms with van der Waals surface area (Å²) in [6.45, 7) is 0.232. The first kappa shape index (κ1) is 15.9. The van der Waals surface area contributed by atoms with Gasteiger partial charge in [-0.2, -0.15) is 13.2 Å². The summed E-state index contributed by atoms with van der Waals surface area (Å²) in [7, 11) is 0. The second-order valence-corrected chi connectivity index (χ2v) is 6.08. The quantitative estimate of drug-likeness (QED) is 0.913. The number of fused-ring (bicyclic) bond motifs is 1. The van der Waals surface area contributed by atoms with Crippen molar-refractivity contribution in [3.63, 3.8) is 0 Å². The van der Waals surface area contributed by atoms with Gasteiger partial charge >= 0.3 is 6.18 Å². The monoisotopic (exact) mass is 324 g/mol. The number of nitrogens with one attached hydrogen (secondary N) is 1. The van der Waals surface area contributed by atoms with E-state index in [0.717, 1.165) is 16.5 Å². The molecule has 3 rings (SSSR count). The number of carbonyl (C=O) groups is 1. The molecule has 2 aromatic rings. The Labute approximate surface area is 132 Å². The molecule has 1 saturated heterocycles. The molecule has 0 bridgehead atoms. The summed E-state index contributed by atoms with van der Waals surface area (Å²) in [5, 5.41) is 1.06. The molecule has 1 amide bonds. The van der Waals surface area contributed by atoms with Crippen molar-refractivity contribution in [1.29, 1.82) is 0 Å². The molecule has 1 aromatic heterocycles. The second-order valence-electron chi connectivity index (χ2n) is 6.08. The number of benzene rings is 1. The number of likely N-dealkylation sites (tertiary alicyclic amines) is 1. The molecule has 124 valence electrons. The van der Waals surface area contributed by atoms with Crippen LogP contribution in [0, 0.1) is 5.92 Å². The smallest absolute Gasteiger partial charge is 0.361 e. The lowest BCUT2D eigenvalue weighted by Crippen LogP contribution is -2.44. The number of H-pyrrole nitrogens is 1. The molecule has 2 heterocycles. The standard InChI is InChI=1S/C17H19F3N2O/c18-17(19,20)13-4-3-9-22(11-13)16(23)8-7-12-10-21-15-6-2-1-5-14(12)15/h1-2,5-6,10,13,21H,3-4,7-9,11H2/t13-/m0/s1. The van der Waals surface area contributed by atoms with Crippen LogP contribution in [0.4, 0.5) is 13.2 Å². The van der Waals surface area contributed by atoms with E-state index < -0.39 is 12.1 Å². The lowest BCUT2D eigenvalue weighted by atomic mass is 9.97. The van der Waals surface area contributed by atoms with Crippen LogP contribution in [0.2, 0.25) is 0 Å². The Hall–Kier alpha value is -1.98. The highest BCUT2D eigenvalue weighted by Gasteiger charge is 2.42. The van der Waals surface area contributed by atoms with Crippen molar-refractivity contribution in [2.24, 2.45) is 5.92 Å². The van der Waals surface area contributed by atoms with E-state index in [-0.39, 0.29) is 25.3 Å². The first-order valence-electron chi connectivity index (χ1n) is 7.84. The van der Waals surface area contributed by atoms with Crippen LogP contribution in [0.1, 0.15) is 24.8 Å². The maximum absolute atomic E-state index is 12.8. The van der Waals surface area contributed by atoms with Gasteiger partial charge in [0.25, 0.3) is 0 Å². The zero-order valence-electron chi connectivity index (χ0n) is 12.7. The molecule has 1 N–H and O–H groups in total. The van der Waals surface area contributed by atoms with Gasteiger partial charge in [0.1, 0.15) is 0 Å². The van der Waals surface area contributed by atoms with Crippen molar-refractivity contribution in [2.75, 3.05) is 13.1 Å². The van der Waals surface area contributed by atoms with Crippen molar-refractivity contribution >= 4 is 16.8 Å². The average molecular weight is 324 g/mol. The molecule has 3 nitrogen and oxygen atoms in total. The Bertz CT molecular complexity index is 692. The Morgan fingerprint density at radius 2 is 2.09 bits per heavy atom. The van der Waals surface area contributed by atoms with Gasteiger partial charge in [-0.1, -0.05) is 18.2 Å². The van der Waals surface area contributed by atoms with E-state index in [1.54, 1.807) is 0 Å². The van der Waals surface area contributed by atoms with Crippen LogP contribution in [0.3, 0.4) is 0 Å². The molecule has 0 unspecified atom stereocenters. The number of rotatable bonds is 3. The van der Waals surface area contributed by atoms with E-state index in [0.29, 0.717) is 19.4 Å². The molecular weight excluding hydrogens is 305 g/mol. The summed E-state index contributed by atoms with van der Waals surface area (Å²) >= 11 is 0. The number of para-hydroxylation sites is 1. The maximum atomic E-state index is 12.8. The third kappa shape index (κ3) is 3.51. The number of nitrogens with zero attached hydrogens (tertiary/aromatic N) is 1. The Morgan fingerprint density at radius 3 is 2.87 bits per heavy atom. The third-order valence-electron chi connectivity index (χ3n) is 4.52. The third-order valence-corrected chi connectivity index (χ3v) is 4.52. The Balaban J connectivity index is 1.61. The van der Waals surface area contributed by atoms with Crippen LogP contribution in [-0.2, 0) is 11.2 Å². The fourth-order valence-electron chi connectivity index (χ4n) is 3.21. The number of halogens is 3. The van der Waals surface area contributed by atoms with Crippen LogP contribution in [0.25, 0.3) is 10.9 Å². The van der Waals surface area contributed by atoms with Crippen molar-refractivity contribution in [2.45, 2.75) is 31.9 Å². The van der Waals surface area contributed by atoms with Crippen molar-refractivity contribution in [1.82, 2.24) is 9.88 Å². The van der Waals surface area contributed by atoms with Gasteiger partial charge in [-0.05, 0) is 30.9 Å². The van der Waals surface area contributed by atoms with Crippen molar-refractivity contribution in [3.8, 4) is 0 Å². The van der Waals surface area contributed by atoms with E-state index in [4.69, 9.17) is 0 Å². The van der Waals surface area contributed by atoms with Crippen LogP contribution >= 0.6 is 0 Å². The predicted octanol–water partition coefficient (Wildman–Crippen LogP) is 3.90. The van der Waals surface area contributed by atoms with Gasteiger partial charge < -0.3 is 9.88 Å². The lowest BCUT2D eigenvalue weighted by Gasteiger charge is -2.33. The summed E-state index contributed by atoms with van der Waals surface area (Å²) in [5.41, 5.74) is 2.03. The molecule has 1 aliphatic rings. The highest BCUT2D eigenvalue weighted by molar-refractivity contribution is 5.84. The van der Waals surface area contributed by atoms with Crippen LogP contribution in [-0.4, -0.2) is 35.1 Å². The number of hydrogen-bond donors (Lipinski definition) is 1. The summed E-state index contributed by atoms with van der Waals surface area (Å²) in [6, 6.07) is 7.80. The lowest BCUT2D eigenvalue weighted by molar-refractivity contribution is -0.188. The fourth-order valence-corrected chi connectivity index (χ4v) is 3.21. The minimum atomic E-state index is -4.21. The number of amides is 1. The van der Waals surface area contributed by atoms with Crippen LogP contribution in [0.5, 0.6) is 0 Å². The molecule has 6 heteroatoms. The van der Waals surface area contributed by atoms with Crippen LogP contribution < -0.4 is 0 Å². The summed E-state index contributed by atoms with van der Waals surface area (Å²) in [4.78, 5) is 16.8. The molecule has 1 aromatic carbocycles. The largest absolute Gasteiger partial charge is 0.393 e. The zero-order chi connectivity index (χ0) is 16.4. The molecule has 0 spiro atoms. The highest BCUT2D eigenvalue weighted by Crippen LogP contribution is 2.33. The number of aryl methyl sites for hydroxylation is 1. The van der Waals surface area contributed by atoms with Gasteiger partial charge in [0.15, 0.2) is 0 Å². The first-order valence-corrected chi connectivity index (χ1v) is 7.84. The summed E-state index contributed by atoms with van der Waals surface area (Å²) in [6.07, 6.45) is -1.02. The SMILES string of the molecule is O=C(CCc1c[nH]c2ccccc12)N1CCC[C@H](C(F)(F)F)C1. The molecule has 0 saturated carbocycles. The summed E-state index contributed by atoms with van der Waals surface area (Å²) < 4.78 is 38.5. The highest BCUT2D eigenvalue weighted by atomic mass is 19.4. The maximum Gasteiger partial charge on any atom is 0.393 e. The number of carbonyl (C=O) groups excluding carboxylic acids is 1. The Morgan fingerprint density at radius 1 is 1.30 bits per heavy atom. The minimum Gasteiger partial charge on any atom is -0.361 e. The minimum absolute atomic E-state index is 0.121. The molecule has 0 radical (unpaired) electrons. The number of aromatic amines is 1. The number of aromatic nitrogens is 1. The van der Waals surface area contributed by atoms with Gasteiger partial charge in [-0.25, -0.2) is 0 Å². The molecule has 23 heavy (non-hydrogen) atoms. The average Bonchev–Trinajstić information content (AvgIpc) is 2.95. The first-order chi connectivity index (χ1) is 10.9. The van der Waals surface area contributed by atoms with Crippen molar-refractivity contribution in [3.05, 3.63) is 36.0 Å². The van der Waals surface area contributed by atoms with Crippen molar-refractivity contribution < 1.29 is 18.0 Å². The van der Waals surface area contributed by atoms with E-state index in [2.05, 4.69) is 4.98 Å². The van der Waals surface area contributed by atoms with Gasteiger partial charge in [0.05, 0.1) is 5.92 Å². The van der Waals surface area contributed by atoms with Gasteiger partial charge in [0, 0.05) is 36.6 Å². The molecular formula is C17H19F3N2O. The predicted molar refractivity (Wildman–Crippen MR) is 82.0 cm³/mol. The van der Waals surface area contributed by atoms with Gasteiger partial charge in [-0.15, -0.1) is 0 Å². The van der Waals surface area contributed by atoms with E-state index >= 15 is 0 Å².